The highest BCUT2D eigenvalue weighted by Gasteiger charge is 2.43. The summed E-state index contributed by atoms with van der Waals surface area (Å²) in [7, 11) is 0. The molecule has 1 saturated heterocycles. The summed E-state index contributed by atoms with van der Waals surface area (Å²) in [6.45, 7) is 2.11. The molecule has 1 heterocycles. The van der Waals surface area contributed by atoms with Crippen molar-refractivity contribution in [3.05, 3.63) is 0 Å². The van der Waals surface area contributed by atoms with Crippen LogP contribution in [0.15, 0.2) is 0 Å². The van der Waals surface area contributed by atoms with Gasteiger partial charge in [-0.05, 0) is 18.8 Å². The first kappa shape index (κ1) is 6.76. The van der Waals surface area contributed by atoms with Gasteiger partial charge in [0.15, 0.2) is 0 Å². The Balaban J connectivity index is 2.12. The lowest BCUT2D eigenvalue weighted by Gasteiger charge is -2.07. The minimum atomic E-state index is -1.45. The van der Waals surface area contributed by atoms with E-state index in [9.17, 15) is 4.21 Å². The van der Waals surface area contributed by atoms with E-state index >= 15 is 0 Å². The van der Waals surface area contributed by atoms with Crippen molar-refractivity contribution in [3.8, 4) is 0 Å². The molecule has 0 spiro atoms. The van der Waals surface area contributed by atoms with Gasteiger partial charge < -0.3 is 0 Å². The van der Waals surface area contributed by atoms with Crippen molar-refractivity contribution in [1.29, 1.82) is 0 Å². The summed E-state index contributed by atoms with van der Waals surface area (Å²) in [5.41, 5.74) is 0. The van der Waals surface area contributed by atoms with Crippen molar-refractivity contribution in [1.82, 2.24) is 0 Å². The monoisotopic (exact) mass is 162 g/mol. The Labute approximate surface area is 62.6 Å². The summed E-state index contributed by atoms with van der Waals surface area (Å²) >= 11 is -1.45. The Morgan fingerprint density at radius 3 is 2.90 bits per heavy atom. The second-order valence-electron chi connectivity index (χ2n) is 2.95. The van der Waals surface area contributed by atoms with Crippen molar-refractivity contribution in [2.75, 3.05) is 0 Å². The number of fused-ring (bicyclic) bond motifs is 1. The molecule has 0 amide bonds. The maximum absolute atomic E-state index is 10.7. The van der Waals surface area contributed by atoms with Crippen LogP contribution >= 0.6 is 0 Å². The second-order valence-corrected chi connectivity index (χ2v) is 3.75. The quantitative estimate of drug-likeness (QED) is 0.528. The third-order valence-corrected chi connectivity index (χ3v) is 3.01. The second kappa shape index (κ2) is 2.29. The zero-order valence-corrected chi connectivity index (χ0v) is 6.60. The Morgan fingerprint density at radius 1 is 1.40 bits per heavy atom. The van der Waals surface area contributed by atoms with Gasteiger partial charge in [-0.2, -0.15) is 4.21 Å². The van der Waals surface area contributed by atoms with E-state index in [-0.39, 0.29) is 12.2 Å². The number of rotatable bonds is 0. The molecule has 3 nitrogen and oxygen atoms in total. The van der Waals surface area contributed by atoms with Crippen LogP contribution in [0.1, 0.15) is 19.8 Å². The summed E-state index contributed by atoms with van der Waals surface area (Å²) in [6, 6.07) is 0. The Hall–Kier alpha value is 0.0700. The molecular formula is C6H10O3S. The normalized spacial score (nSPS) is 53.3. The van der Waals surface area contributed by atoms with Crippen molar-refractivity contribution in [2.45, 2.75) is 32.0 Å². The van der Waals surface area contributed by atoms with Gasteiger partial charge in [0.25, 0.3) is 0 Å². The molecular weight excluding hydrogens is 152 g/mol. The molecule has 4 atom stereocenters. The molecule has 10 heavy (non-hydrogen) atoms. The van der Waals surface area contributed by atoms with Crippen molar-refractivity contribution in [2.24, 2.45) is 5.92 Å². The lowest BCUT2D eigenvalue weighted by molar-refractivity contribution is 0.158. The van der Waals surface area contributed by atoms with Gasteiger partial charge in [-0.15, -0.1) is 0 Å². The zero-order chi connectivity index (χ0) is 7.14. The average Bonchev–Trinajstić information content (AvgIpc) is 2.35. The molecule has 1 saturated carbocycles. The van der Waals surface area contributed by atoms with E-state index in [0.29, 0.717) is 5.92 Å². The van der Waals surface area contributed by atoms with Crippen molar-refractivity contribution in [3.63, 3.8) is 0 Å². The van der Waals surface area contributed by atoms with Gasteiger partial charge >= 0.3 is 11.4 Å². The van der Waals surface area contributed by atoms with Gasteiger partial charge in [-0.3, -0.25) is 8.37 Å². The maximum atomic E-state index is 10.7. The number of hydrogen-bond acceptors (Lipinski definition) is 3. The van der Waals surface area contributed by atoms with Crippen molar-refractivity contribution >= 4 is 11.4 Å². The fourth-order valence-corrected chi connectivity index (χ4v) is 2.54. The van der Waals surface area contributed by atoms with Gasteiger partial charge in [0.2, 0.25) is 0 Å². The Bertz CT molecular complexity index is 170. The highest BCUT2D eigenvalue weighted by molar-refractivity contribution is 7.75. The van der Waals surface area contributed by atoms with E-state index in [4.69, 9.17) is 8.37 Å². The number of hydrogen-bond donors (Lipinski definition) is 0. The predicted molar refractivity (Wildman–Crippen MR) is 36.3 cm³/mol. The van der Waals surface area contributed by atoms with Crippen LogP contribution in [-0.4, -0.2) is 16.4 Å². The summed E-state index contributed by atoms with van der Waals surface area (Å²) in [5, 5.41) is 0. The summed E-state index contributed by atoms with van der Waals surface area (Å²) in [5.74, 6) is 0.511. The van der Waals surface area contributed by atoms with Gasteiger partial charge in [0.05, 0.1) is 0 Å². The minimum Gasteiger partial charge on any atom is -0.262 e. The molecule has 0 bridgehead atoms. The highest BCUT2D eigenvalue weighted by atomic mass is 32.2. The Morgan fingerprint density at radius 2 is 2.20 bits per heavy atom. The fourth-order valence-electron chi connectivity index (χ4n) is 1.60. The topological polar surface area (TPSA) is 35.5 Å². The molecule has 58 valence electrons. The van der Waals surface area contributed by atoms with E-state index in [1.54, 1.807) is 0 Å². The third-order valence-electron chi connectivity index (χ3n) is 2.23. The molecule has 2 unspecified atom stereocenters. The van der Waals surface area contributed by atoms with Gasteiger partial charge in [0, 0.05) is 0 Å². The molecule has 2 fully saturated rings. The van der Waals surface area contributed by atoms with Crippen molar-refractivity contribution < 1.29 is 12.6 Å². The van der Waals surface area contributed by atoms with Crippen LogP contribution in [0.2, 0.25) is 0 Å². The van der Waals surface area contributed by atoms with Crippen LogP contribution < -0.4 is 0 Å². The highest BCUT2D eigenvalue weighted by Crippen LogP contribution is 2.35. The van der Waals surface area contributed by atoms with E-state index in [1.165, 1.54) is 0 Å². The third kappa shape index (κ3) is 0.909. The predicted octanol–water partition coefficient (Wildman–Crippen LogP) is 0.779. The van der Waals surface area contributed by atoms with Crippen LogP contribution in [0, 0.1) is 5.92 Å². The molecule has 1 aliphatic carbocycles. The van der Waals surface area contributed by atoms with Crippen LogP contribution in [0.3, 0.4) is 0 Å². The average molecular weight is 162 g/mol. The molecule has 4 heteroatoms. The minimum absolute atomic E-state index is 0.0980. The zero-order valence-electron chi connectivity index (χ0n) is 5.78. The molecule has 2 aliphatic rings. The summed E-state index contributed by atoms with van der Waals surface area (Å²) in [6.07, 6.45) is 2.33. The van der Waals surface area contributed by atoms with Crippen LogP contribution in [-0.2, 0) is 19.7 Å². The molecule has 0 N–H and O–H groups in total. The largest absolute Gasteiger partial charge is 0.305 e. The first-order valence-electron chi connectivity index (χ1n) is 3.53. The van der Waals surface area contributed by atoms with Crippen LogP contribution in [0.25, 0.3) is 0 Å². The van der Waals surface area contributed by atoms with Gasteiger partial charge in [-0.25, -0.2) is 0 Å². The molecule has 0 aromatic carbocycles. The SMILES string of the molecule is C[C@@H]1CCC2OS(=O)O[C@H]21. The van der Waals surface area contributed by atoms with E-state index in [0.717, 1.165) is 12.8 Å². The lowest BCUT2D eigenvalue weighted by atomic mass is 10.1. The maximum Gasteiger partial charge on any atom is 0.305 e. The molecule has 1 aliphatic heterocycles. The first-order chi connectivity index (χ1) is 4.77. The fraction of sp³-hybridized carbons (Fsp3) is 1.00. The lowest BCUT2D eigenvalue weighted by Crippen LogP contribution is -2.19. The smallest absolute Gasteiger partial charge is 0.262 e. The molecule has 0 radical (unpaired) electrons. The van der Waals surface area contributed by atoms with Gasteiger partial charge in [0.1, 0.15) is 12.2 Å². The summed E-state index contributed by atoms with van der Waals surface area (Å²) in [4.78, 5) is 0. The van der Waals surface area contributed by atoms with E-state index in [1.807, 2.05) is 0 Å². The molecule has 0 aromatic heterocycles. The summed E-state index contributed by atoms with van der Waals surface area (Å²) < 4.78 is 20.7. The Kier molecular flexibility index (Phi) is 1.55. The van der Waals surface area contributed by atoms with E-state index < -0.39 is 11.4 Å². The van der Waals surface area contributed by atoms with Crippen LogP contribution in [0.5, 0.6) is 0 Å². The van der Waals surface area contributed by atoms with E-state index in [2.05, 4.69) is 6.92 Å². The first-order valence-corrected chi connectivity index (χ1v) is 4.53. The standard InChI is InChI=1S/C6H10O3S/c1-4-2-3-5-6(4)9-10(7)8-5/h4-6H,2-3H2,1H3/t4-,5?,6+,10?/m1/s1. The van der Waals surface area contributed by atoms with Crippen LogP contribution in [0.4, 0.5) is 0 Å². The van der Waals surface area contributed by atoms with Gasteiger partial charge in [-0.1, -0.05) is 6.92 Å². The molecule has 2 rings (SSSR count). The molecule has 0 aromatic rings.